The van der Waals surface area contributed by atoms with E-state index in [-0.39, 0.29) is 10.9 Å². The first-order chi connectivity index (χ1) is 9.96. The molecule has 7 heteroatoms. The second-order valence-corrected chi connectivity index (χ2v) is 7.86. The highest BCUT2D eigenvalue weighted by Gasteiger charge is 2.26. The van der Waals surface area contributed by atoms with Gasteiger partial charge in [-0.3, -0.25) is 0 Å². The molecule has 0 spiro atoms. The molecule has 3 N–H and O–H groups in total. The maximum Gasteiger partial charge on any atom is 0.241 e. The molecule has 0 aliphatic carbocycles. The van der Waals surface area contributed by atoms with Crippen LogP contribution in [-0.4, -0.2) is 39.0 Å². The topological polar surface area (TPSA) is 75.4 Å². The number of rotatable bonds is 5. The zero-order valence-electron chi connectivity index (χ0n) is 12.2. The van der Waals surface area contributed by atoms with E-state index in [9.17, 15) is 8.42 Å². The van der Waals surface area contributed by atoms with Crippen LogP contribution in [0, 0.1) is 0 Å². The van der Waals surface area contributed by atoms with E-state index >= 15 is 0 Å². The summed E-state index contributed by atoms with van der Waals surface area (Å²) in [5.74, 6) is 0. The smallest absolute Gasteiger partial charge is 0.241 e. The van der Waals surface area contributed by atoms with Crippen molar-refractivity contribution in [2.24, 2.45) is 5.73 Å². The maximum atomic E-state index is 12.6. The Morgan fingerprint density at radius 1 is 1.48 bits per heavy atom. The Balaban J connectivity index is 2.18. The van der Waals surface area contributed by atoms with Crippen molar-refractivity contribution in [2.75, 3.05) is 19.6 Å². The van der Waals surface area contributed by atoms with Crippen molar-refractivity contribution in [2.45, 2.75) is 37.2 Å². The molecule has 0 saturated carbocycles. The van der Waals surface area contributed by atoms with Gasteiger partial charge in [-0.25, -0.2) is 13.1 Å². The fraction of sp³-hybridized carbons (Fsp3) is 0.571. The Kier molecular flexibility index (Phi) is 5.79. The number of likely N-dealkylation sites (N-methyl/N-ethyl adjacent to an activating group) is 1. The SMILES string of the molecule is CCN1CCCC(NS(=O)(=O)c2cc(CN)ccc2Br)C1. The fourth-order valence-corrected chi connectivity index (χ4v) is 4.88. The minimum absolute atomic E-state index is 0.0304. The number of likely N-dealkylation sites (tertiary alicyclic amines) is 1. The Morgan fingerprint density at radius 3 is 2.90 bits per heavy atom. The fourth-order valence-electron chi connectivity index (χ4n) is 2.60. The van der Waals surface area contributed by atoms with Gasteiger partial charge in [0, 0.05) is 23.6 Å². The number of piperidine rings is 1. The van der Waals surface area contributed by atoms with Crippen LogP contribution in [0.1, 0.15) is 25.3 Å². The van der Waals surface area contributed by atoms with Gasteiger partial charge in [0.1, 0.15) is 0 Å². The van der Waals surface area contributed by atoms with Crippen molar-refractivity contribution < 1.29 is 8.42 Å². The molecule has 0 aromatic heterocycles. The Hall–Kier alpha value is -0.470. The molecule has 1 aromatic rings. The third kappa shape index (κ3) is 4.26. The first-order valence-electron chi connectivity index (χ1n) is 7.19. The minimum Gasteiger partial charge on any atom is -0.326 e. The molecular formula is C14H22BrN3O2S. The summed E-state index contributed by atoms with van der Waals surface area (Å²) in [4.78, 5) is 2.53. The standard InChI is InChI=1S/C14H22BrN3O2S/c1-2-18-7-3-4-12(10-18)17-21(19,20)14-8-11(9-16)5-6-13(14)15/h5-6,8,12,17H,2-4,7,9-10,16H2,1H3. The van der Waals surface area contributed by atoms with E-state index in [0.29, 0.717) is 11.0 Å². The second-order valence-electron chi connectivity index (χ2n) is 5.32. The van der Waals surface area contributed by atoms with Crippen LogP contribution < -0.4 is 10.5 Å². The van der Waals surface area contributed by atoms with Gasteiger partial charge in [0.2, 0.25) is 10.0 Å². The molecule has 1 saturated heterocycles. The largest absolute Gasteiger partial charge is 0.326 e. The quantitative estimate of drug-likeness (QED) is 0.820. The van der Waals surface area contributed by atoms with Crippen molar-refractivity contribution in [1.29, 1.82) is 0 Å². The van der Waals surface area contributed by atoms with Gasteiger partial charge in [-0.15, -0.1) is 0 Å². The van der Waals surface area contributed by atoms with Crippen molar-refractivity contribution in [3.05, 3.63) is 28.2 Å². The lowest BCUT2D eigenvalue weighted by Crippen LogP contribution is -2.47. The normalized spacial score (nSPS) is 20.6. The predicted molar refractivity (Wildman–Crippen MR) is 87.5 cm³/mol. The number of benzene rings is 1. The molecule has 2 rings (SSSR count). The summed E-state index contributed by atoms with van der Waals surface area (Å²) in [6, 6.07) is 5.16. The molecule has 1 fully saturated rings. The van der Waals surface area contributed by atoms with E-state index in [1.54, 1.807) is 12.1 Å². The minimum atomic E-state index is -3.53. The first-order valence-corrected chi connectivity index (χ1v) is 9.47. The van der Waals surface area contributed by atoms with Crippen LogP contribution in [0.25, 0.3) is 0 Å². The third-order valence-corrected chi connectivity index (χ3v) is 6.31. The zero-order chi connectivity index (χ0) is 15.5. The van der Waals surface area contributed by atoms with E-state index in [4.69, 9.17) is 5.73 Å². The van der Waals surface area contributed by atoms with Gasteiger partial charge in [0.25, 0.3) is 0 Å². The molecule has 118 valence electrons. The number of nitrogens with one attached hydrogen (secondary N) is 1. The lowest BCUT2D eigenvalue weighted by molar-refractivity contribution is 0.211. The molecule has 0 bridgehead atoms. The Morgan fingerprint density at radius 2 is 2.24 bits per heavy atom. The van der Waals surface area contributed by atoms with Gasteiger partial charge in [-0.1, -0.05) is 13.0 Å². The lowest BCUT2D eigenvalue weighted by Gasteiger charge is -2.32. The van der Waals surface area contributed by atoms with E-state index in [1.165, 1.54) is 0 Å². The Labute approximate surface area is 135 Å². The molecule has 21 heavy (non-hydrogen) atoms. The van der Waals surface area contributed by atoms with Crippen molar-refractivity contribution in [3.63, 3.8) is 0 Å². The average Bonchev–Trinajstić information content (AvgIpc) is 2.47. The van der Waals surface area contributed by atoms with Crippen molar-refractivity contribution in [3.8, 4) is 0 Å². The Bertz CT molecular complexity index is 592. The highest BCUT2D eigenvalue weighted by molar-refractivity contribution is 9.10. The number of hydrogen-bond acceptors (Lipinski definition) is 4. The van der Waals surface area contributed by atoms with Gasteiger partial charge in [0.15, 0.2) is 0 Å². The zero-order valence-corrected chi connectivity index (χ0v) is 14.6. The molecule has 1 heterocycles. The number of sulfonamides is 1. The van der Waals surface area contributed by atoms with Crippen molar-refractivity contribution in [1.82, 2.24) is 9.62 Å². The molecule has 0 amide bonds. The molecule has 1 unspecified atom stereocenters. The van der Waals surface area contributed by atoms with Crippen LogP contribution in [0.2, 0.25) is 0 Å². The number of nitrogens with zero attached hydrogens (tertiary/aromatic N) is 1. The van der Waals surface area contributed by atoms with Crippen LogP contribution in [0.3, 0.4) is 0 Å². The summed E-state index contributed by atoms with van der Waals surface area (Å²) in [5, 5.41) is 0. The van der Waals surface area contributed by atoms with E-state index in [1.807, 2.05) is 6.07 Å². The third-order valence-electron chi connectivity index (χ3n) is 3.80. The first kappa shape index (κ1) is 16.9. The molecule has 5 nitrogen and oxygen atoms in total. The summed E-state index contributed by atoms with van der Waals surface area (Å²) in [7, 11) is -3.53. The second kappa shape index (κ2) is 7.19. The molecule has 1 aliphatic heterocycles. The van der Waals surface area contributed by atoms with E-state index in [2.05, 4.69) is 32.5 Å². The lowest BCUT2D eigenvalue weighted by atomic mass is 10.1. The molecular weight excluding hydrogens is 354 g/mol. The molecule has 0 radical (unpaired) electrons. The number of halogens is 1. The monoisotopic (exact) mass is 375 g/mol. The van der Waals surface area contributed by atoms with Gasteiger partial charge in [-0.05, 0) is 59.6 Å². The van der Waals surface area contributed by atoms with Crippen LogP contribution in [0.4, 0.5) is 0 Å². The maximum absolute atomic E-state index is 12.6. The van der Waals surface area contributed by atoms with Crippen molar-refractivity contribution >= 4 is 26.0 Å². The molecule has 1 aromatic carbocycles. The number of nitrogens with two attached hydrogens (primary N) is 1. The summed E-state index contributed by atoms with van der Waals surface area (Å²) in [6.45, 7) is 5.18. The van der Waals surface area contributed by atoms with Gasteiger partial charge in [0.05, 0.1) is 4.90 Å². The number of hydrogen-bond donors (Lipinski definition) is 2. The van der Waals surface area contributed by atoms with E-state index < -0.39 is 10.0 Å². The van der Waals surface area contributed by atoms with Gasteiger partial charge < -0.3 is 10.6 Å². The summed E-state index contributed by atoms with van der Waals surface area (Å²) in [6.07, 6.45) is 1.90. The predicted octanol–water partition coefficient (Wildman–Crippen LogP) is 1.67. The summed E-state index contributed by atoms with van der Waals surface area (Å²) < 4.78 is 28.6. The van der Waals surface area contributed by atoms with Gasteiger partial charge >= 0.3 is 0 Å². The van der Waals surface area contributed by atoms with Crippen LogP contribution in [0.5, 0.6) is 0 Å². The highest BCUT2D eigenvalue weighted by atomic mass is 79.9. The molecule has 1 atom stereocenters. The molecule has 1 aliphatic rings. The van der Waals surface area contributed by atoms with Crippen LogP contribution >= 0.6 is 15.9 Å². The summed E-state index contributed by atoms with van der Waals surface area (Å²) in [5.41, 5.74) is 6.40. The van der Waals surface area contributed by atoms with Crippen LogP contribution in [-0.2, 0) is 16.6 Å². The van der Waals surface area contributed by atoms with Crippen LogP contribution in [0.15, 0.2) is 27.6 Å². The summed E-state index contributed by atoms with van der Waals surface area (Å²) >= 11 is 3.32. The average molecular weight is 376 g/mol. The van der Waals surface area contributed by atoms with E-state index in [0.717, 1.165) is 38.0 Å². The highest BCUT2D eigenvalue weighted by Crippen LogP contribution is 2.24. The van der Waals surface area contributed by atoms with Gasteiger partial charge in [-0.2, -0.15) is 0 Å².